The minimum atomic E-state index is -0.927. The molecule has 0 saturated heterocycles. The van der Waals surface area contributed by atoms with E-state index in [9.17, 15) is 5.11 Å². The molecule has 3 N–H and O–H groups in total. The Morgan fingerprint density at radius 3 is 2.82 bits per heavy atom. The first-order chi connectivity index (χ1) is 10.6. The van der Waals surface area contributed by atoms with Crippen molar-refractivity contribution in [3.05, 3.63) is 44.8 Å². The smallest absolute Gasteiger partial charge is 0.191 e. The number of nitrogens with one attached hydrogen (secondary N) is 2. The maximum Gasteiger partial charge on any atom is 0.191 e. The number of thiophene rings is 2. The first-order valence-corrected chi connectivity index (χ1v) is 9.23. The lowest BCUT2D eigenvalue weighted by Crippen LogP contribution is -2.39. The molecular weight excluding hydrogens is 314 g/mol. The molecule has 6 heteroatoms. The third-order valence-electron chi connectivity index (χ3n) is 3.23. The average molecular weight is 338 g/mol. The molecule has 0 fully saturated rings. The maximum atomic E-state index is 10.5. The molecule has 2 aromatic rings. The molecule has 0 aliphatic carbocycles. The van der Waals surface area contributed by atoms with Crippen LogP contribution >= 0.6 is 22.7 Å². The number of hydrogen-bond donors (Lipinski definition) is 3. The number of aliphatic hydroxyl groups is 1. The van der Waals surface area contributed by atoms with Gasteiger partial charge >= 0.3 is 0 Å². The predicted molar refractivity (Wildman–Crippen MR) is 95.9 cm³/mol. The zero-order valence-electron chi connectivity index (χ0n) is 13.0. The SMILES string of the molecule is CCNC(=NCC(C)(O)c1cccs1)NCCc1ccsc1. The van der Waals surface area contributed by atoms with Gasteiger partial charge in [0.25, 0.3) is 0 Å². The summed E-state index contributed by atoms with van der Waals surface area (Å²) in [5.74, 6) is 0.745. The summed E-state index contributed by atoms with van der Waals surface area (Å²) in [6.07, 6.45) is 0.967. The lowest BCUT2D eigenvalue weighted by molar-refractivity contribution is 0.0711. The fourth-order valence-corrected chi connectivity index (χ4v) is 3.48. The van der Waals surface area contributed by atoms with Gasteiger partial charge in [-0.1, -0.05) is 6.07 Å². The Morgan fingerprint density at radius 1 is 1.32 bits per heavy atom. The molecule has 1 unspecified atom stereocenters. The van der Waals surface area contributed by atoms with Crippen molar-refractivity contribution in [2.24, 2.45) is 4.99 Å². The van der Waals surface area contributed by atoms with Crippen molar-refractivity contribution in [2.75, 3.05) is 19.6 Å². The van der Waals surface area contributed by atoms with Gasteiger partial charge in [-0.15, -0.1) is 11.3 Å². The molecule has 2 rings (SSSR count). The predicted octanol–water partition coefficient (Wildman–Crippen LogP) is 2.81. The Balaban J connectivity index is 1.89. The lowest BCUT2D eigenvalue weighted by atomic mass is 10.1. The largest absolute Gasteiger partial charge is 0.383 e. The van der Waals surface area contributed by atoms with Gasteiger partial charge in [-0.05, 0) is 54.1 Å². The maximum absolute atomic E-state index is 10.5. The van der Waals surface area contributed by atoms with Crippen LogP contribution in [0.4, 0.5) is 0 Å². The molecular formula is C16H23N3OS2. The molecule has 22 heavy (non-hydrogen) atoms. The van der Waals surface area contributed by atoms with E-state index in [4.69, 9.17) is 0 Å². The lowest BCUT2D eigenvalue weighted by Gasteiger charge is -2.20. The second-order valence-electron chi connectivity index (χ2n) is 5.25. The van der Waals surface area contributed by atoms with Crippen molar-refractivity contribution >= 4 is 28.6 Å². The van der Waals surface area contributed by atoms with Crippen molar-refractivity contribution in [3.63, 3.8) is 0 Å². The van der Waals surface area contributed by atoms with Gasteiger partial charge in [-0.2, -0.15) is 11.3 Å². The topological polar surface area (TPSA) is 56.7 Å². The van der Waals surface area contributed by atoms with Crippen LogP contribution in [0.5, 0.6) is 0 Å². The Kier molecular flexibility index (Phi) is 6.42. The minimum absolute atomic E-state index is 0.335. The van der Waals surface area contributed by atoms with Crippen molar-refractivity contribution in [1.29, 1.82) is 0 Å². The molecule has 0 saturated carbocycles. The van der Waals surface area contributed by atoms with Gasteiger partial charge in [0.15, 0.2) is 5.96 Å². The first-order valence-electron chi connectivity index (χ1n) is 7.41. The van der Waals surface area contributed by atoms with Gasteiger partial charge in [-0.3, -0.25) is 0 Å². The van der Waals surface area contributed by atoms with Crippen LogP contribution in [0.3, 0.4) is 0 Å². The van der Waals surface area contributed by atoms with Crippen LogP contribution in [0.2, 0.25) is 0 Å². The number of guanidine groups is 1. The standard InChI is InChI=1S/C16H23N3OS2/c1-3-17-15(18-8-6-13-7-10-21-11-13)19-12-16(2,20)14-5-4-9-22-14/h4-5,7,9-11,20H,3,6,8,12H2,1-2H3,(H2,17,18,19). The third kappa shape index (κ3) is 5.12. The summed E-state index contributed by atoms with van der Waals surface area (Å²) in [6, 6.07) is 6.03. The Morgan fingerprint density at radius 2 is 2.18 bits per heavy atom. The van der Waals surface area contributed by atoms with Crippen molar-refractivity contribution in [2.45, 2.75) is 25.9 Å². The number of aliphatic imine (C=N–C) groups is 1. The Hall–Kier alpha value is -1.37. The Labute approximate surface area is 139 Å². The summed E-state index contributed by atoms with van der Waals surface area (Å²) in [5, 5.41) is 23.3. The Bertz CT molecular complexity index is 562. The van der Waals surface area contributed by atoms with E-state index < -0.39 is 5.60 Å². The highest BCUT2D eigenvalue weighted by Gasteiger charge is 2.23. The summed E-state index contributed by atoms with van der Waals surface area (Å²) in [6.45, 7) is 5.79. The van der Waals surface area contributed by atoms with E-state index in [2.05, 4.69) is 32.5 Å². The molecule has 1 atom stereocenters. The highest BCUT2D eigenvalue weighted by atomic mass is 32.1. The van der Waals surface area contributed by atoms with Crippen LogP contribution in [0, 0.1) is 0 Å². The molecule has 0 aliphatic rings. The molecule has 0 spiro atoms. The number of rotatable bonds is 7. The van der Waals surface area contributed by atoms with Crippen LogP contribution in [-0.4, -0.2) is 30.7 Å². The van der Waals surface area contributed by atoms with Crippen molar-refractivity contribution in [1.82, 2.24) is 10.6 Å². The van der Waals surface area contributed by atoms with E-state index >= 15 is 0 Å². The molecule has 0 bridgehead atoms. The van der Waals surface area contributed by atoms with Crippen LogP contribution < -0.4 is 10.6 Å². The summed E-state index contributed by atoms with van der Waals surface area (Å²) < 4.78 is 0. The molecule has 2 aromatic heterocycles. The molecule has 0 radical (unpaired) electrons. The van der Waals surface area contributed by atoms with E-state index in [0.717, 1.165) is 30.3 Å². The van der Waals surface area contributed by atoms with E-state index in [1.165, 1.54) is 5.56 Å². The monoisotopic (exact) mass is 337 g/mol. The van der Waals surface area contributed by atoms with Gasteiger partial charge in [0.05, 0.1) is 6.54 Å². The van der Waals surface area contributed by atoms with Crippen molar-refractivity contribution in [3.8, 4) is 0 Å². The van der Waals surface area contributed by atoms with Gasteiger partial charge in [-0.25, -0.2) is 4.99 Å². The van der Waals surface area contributed by atoms with Gasteiger partial charge < -0.3 is 15.7 Å². The fourth-order valence-electron chi connectivity index (χ4n) is 2.00. The fraction of sp³-hybridized carbons (Fsp3) is 0.438. The second-order valence-corrected chi connectivity index (χ2v) is 6.98. The van der Waals surface area contributed by atoms with E-state index in [1.54, 1.807) is 29.6 Å². The normalized spacial score (nSPS) is 14.6. The zero-order valence-corrected chi connectivity index (χ0v) is 14.6. The van der Waals surface area contributed by atoms with Crippen LogP contribution in [0.25, 0.3) is 0 Å². The van der Waals surface area contributed by atoms with Crippen LogP contribution in [-0.2, 0) is 12.0 Å². The van der Waals surface area contributed by atoms with Gasteiger partial charge in [0, 0.05) is 18.0 Å². The summed E-state index contributed by atoms with van der Waals surface area (Å²) >= 11 is 3.27. The quantitative estimate of drug-likeness (QED) is 0.538. The zero-order chi connectivity index (χ0) is 15.8. The molecule has 0 aliphatic heterocycles. The van der Waals surface area contributed by atoms with Crippen LogP contribution in [0.1, 0.15) is 24.3 Å². The van der Waals surface area contributed by atoms with Gasteiger partial charge in [0.2, 0.25) is 0 Å². The molecule has 2 heterocycles. The second kappa shape index (κ2) is 8.31. The van der Waals surface area contributed by atoms with E-state index in [1.807, 2.05) is 24.4 Å². The number of nitrogens with zero attached hydrogens (tertiary/aromatic N) is 1. The molecule has 0 amide bonds. The van der Waals surface area contributed by atoms with Gasteiger partial charge in [0.1, 0.15) is 5.60 Å². The summed E-state index contributed by atoms with van der Waals surface area (Å²) in [5.41, 5.74) is 0.406. The van der Waals surface area contributed by atoms with E-state index in [-0.39, 0.29) is 0 Å². The minimum Gasteiger partial charge on any atom is -0.383 e. The molecule has 4 nitrogen and oxygen atoms in total. The van der Waals surface area contributed by atoms with Crippen LogP contribution in [0.15, 0.2) is 39.3 Å². The molecule has 120 valence electrons. The number of hydrogen-bond acceptors (Lipinski definition) is 4. The highest BCUT2D eigenvalue weighted by molar-refractivity contribution is 7.10. The van der Waals surface area contributed by atoms with E-state index in [0.29, 0.717) is 6.54 Å². The summed E-state index contributed by atoms with van der Waals surface area (Å²) in [7, 11) is 0. The highest BCUT2D eigenvalue weighted by Crippen LogP contribution is 2.25. The summed E-state index contributed by atoms with van der Waals surface area (Å²) in [4.78, 5) is 5.45. The third-order valence-corrected chi connectivity index (χ3v) is 5.08. The first kappa shape index (κ1) is 17.0. The molecule has 0 aromatic carbocycles. The average Bonchev–Trinajstić information content (AvgIpc) is 3.18. The van der Waals surface area contributed by atoms with Crippen molar-refractivity contribution < 1.29 is 5.11 Å².